The number of anilines is 1. The quantitative estimate of drug-likeness (QED) is 0.485. The highest BCUT2D eigenvalue weighted by Gasteiger charge is 2.23. The second-order valence-electron chi connectivity index (χ2n) is 7.15. The molecule has 0 radical (unpaired) electrons. The van der Waals surface area contributed by atoms with Gasteiger partial charge in [0.15, 0.2) is 0 Å². The van der Waals surface area contributed by atoms with E-state index in [9.17, 15) is 4.79 Å². The Morgan fingerprint density at radius 2 is 2.00 bits per heavy atom. The van der Waals surface area contributed by atoms with Crippen molar-refractivity contribution >= 4 is 23.2 Å². The molecule has 3 aromatic rings. The van der Waals surface area contributed by atoms with E-state index in [1.807, 2.05) is 62.6 Å². The molecule has 0 aliphatic carbocycles. The predicted molar refractivity (Wildman–Crippen MR) is 114 cm³/mol. The second-order valence-corrected chi connectivity index (χ2v) is 7.15. The number of nitrogens with zero attached hydrogens (tertiary/aromatic N) is 2. The van der Waals surface area contributed by atoms with Crippen LogP contribution in [-0.2, 0) is 4.79 Å². The minimum atomic E-state index is -0.124. The smallest absolute Gasteiger partial charge is 0.256 e. The Balaban J connectivity index is 1.45. The first-order valence-electron chi connectivity index (χ1n) is 9.56. The van der Waals surface area contributed by atoms with Gasteiger partial charge in [-0.05, 0) is 50.9 Å². The monoisotopic (exact) mass is 389 g/mol. The van der Waals surface area contributed by atoms with Gasteiger partial charge in [0.25, 0.3) is 5.91 Å². The lowest BCUT2D eigenvalue weighted by molar-refractivity contribution is -0.110. The number of hydrogen-bond acceptors (Lipinski definition) is 5. The average molecular weight is 389 g/mol. The van der Waals surface area contributed by atoms with E-state index in [4.69, 9.17) is 9.15 Å². The van der Waals surface area contributed by atoms with Crippen molar-refractivity contribution in [3.05, 3.63) is 66.1 Å². The highest BCUT2D eigenvalue weighted by Crippen LogP contribution is 2.33. The van der Waals surface area contributed by atoms with Crippen LogP contribution in [0.15, 0.2) is 59.1 Å². The van der Waals surface area contributed by atoms with Crippen molar-refractivity contribution in [1.29, 1.82) is 0 Å². The van der Waals surface area contributed by atoms with Crippen LogP contribution in [0.3, 0.4) is 0 Å². The SMILES string of the molecule is CN(C)CCCOc1ccc(-c2ccc(C=C3C(=O)Nc4ccccc43)o2)cn1. The number of amides is 1. The van der Waals surface area contributed by atoms with E-state index < -0.39 is 0 Å². The average Bonchev–Trinajstić information content (AvgIpc) is 3.31. The van der Waals surface area contributed by atoms with Crippen molar-refractivity contribution < 1.29 is 13.9 Å². The molecule has 2 aromatic heterocycles. The molecule has 0 fully saturated rings. The second kappa shape index (κ2) is 8.32. The van der Waals surface area contributed by atoms with Crippen LogP contribution in [0.2, 0.25) is 0 Å². The van der Waals surface area contributed by atoms with E-state index in [1.54, 1.807) is 12.3 Å². The number of carbonyl (C=O) groups is 1. The van der Waals surface area contributed by atoms with Gasteiger partial charge in [0, 0.05) is 35.6 Å². The number of aromatic nitrogens is 1. The molecule has 3 heterocycles. The maximum atomic E-state index is 12.2. The summed E-state index contributed by atoms with van der Waals surface area (Å²) in [6, 6.07) is 15.1. The van der Waals surface area contributed by atoms with Gasteiger partial charge in [0.2, 0.25) is 5.88 Å². The fourth-order valence-electron chi connectivity index (χ4n) is 3.18. The zero-order chi connectivity index (χ0) is 20.2. The summed E-state index contributed by atoms with van der Waals surface area (Å²) >= 11 is 0. The van der Waals surface area contributed by atoms with Crippen molar-refractivity contribution in [2.24, 2.45) is 0 Å². The predicted octanol–water partition coefficient (Wildman–Crippen LogP) is 4.16. The molecule has 0 saturated heterocycles. The maximum absolute atomic E-state index is 12.2. The molecule has 0 atom stereocenters. The number of furan rings is 1. The largest absolute Gasteiger partial charge is 0.478 e. The summed E-state index contributed by atoms with van der Waals surface area (Å²) in [6.45, 7) is 1.61. The highest BCUT2D eigenvalue weighted by molar-refractivity contribution is 6.34. The molecule has 0 unspecified atom stereocenters. The summed E-state index contributed by atoms with van der Waals surface area (Å²) < 4.78 is 11.6. The molecule has 0 bridgehead atoms. The van der Waals surface area contributed by atoms with Crippen LogP contribution in [0, 0.1) is 0 Å². The van der Waals surface area contributed by atoms with Crippen molar-refractivity contribution in [1.82, 2.24) is 9.88 Å². The van der Waals surface area contributed by atoms with E-state index in [1.165, 1.54) is 0 Å². The number of rotatable bonds is 7. The van der Waals surface area contributed by atoms with Crippen LogP contribution in [0.25, 0.3) is 23.0 Å². The van der Waals surface area contributed by atoms with Crippen LogP contribution in [-0.4, -0.2) is 43.0 Å². The molecule has 6 nitrogen and oxygen atoms in total. The van der Waals surface area contributed by atoms with Crippen LogP contribution in [0.1, 0.15) is 17.7 Å². The van der Waals surface area contributed by atoms with Crippen LogP contribution >= 0.6 is 0 Å². The number of benzene rings is 1. The van der Waals surface area contributed by atoms with E-state index in [-0.39, 0.29) is 5.91 Å². The molecule has 1 aliphatic heterocycles. The van der Waals surface area contributed by atoms with Crippen molar-refractivity contribution in [3.63, 3.8) is 0 Å². The minimum Gasteiger partial charge on any atom is -0.478 e. The summed E-state index contributed by atoms with van der Waals surface area (Å²) in [5.74, 6) is 1.78. The fourth-order valence-corrected chi connectivity index (χ4v) is 3.18. The Kier molecular flexibility index (Phi) is 5.44. The molecule has 1 N–H and O–H groups in total. The van der Waals surface area contributed by atoms with E-state index >= 15 is 0 Å². The Morgan fingerprint density at radius 3 is 2.79 bits per heavy atom. The zero-order valence-electron chi connectivity index (χ0n) is 16.5. The van der Waals surface area contributed by atoms with Crippen LogP contribution < -0.4 is 10.1 Å². The zero-order valence-corrected chi connectivity index (χ0v) is 16.5. The lowest BCUT2D eigenvalue weighted by Gasteiger charge is -2.09. The molecular formula is C23H23N3O3. The third-order valence-electron chi connectivity index (χ3n) is 4.64. The number of pyridine rings is 1. The van der Waals surface area contributed by atoms with E-state index in [0.29, 0.717) is 29.6 Å². The molecular weight excluding hydrogens is 366 g/mol. The molecule has 1 aliphatic rings. The Labute approximate surface area is 169 Å². The van der Waals surface area contributed by atoms with Gasteiger partial charge in [0.05, 0.1) is 12.2 Å². The molecule has 6 heteroatoms. The fraction of sp³-hybridized carbons (Fsp3) is 0.217. The number of nitrogens with one attached hydrogen (secondary N) is 1. The lowest BCUT2D eigenvalue weighted by Crippen LogP contribution is -2.15. The van der Waals surface area contributed by atoms with Crippen molar-refractivity contribution in [2.75, 3.05) is 32.6 Å². The van der Waals surface area contributed by atoms with Crippen LogP contribution in [0.4, 0.5) is 5.69 Å². The number of carbonyl (C=O) groups excluding carboxylic acids is 1. The maximum Gasteiger partial charge on any atom is 0.256 e. The first-order valence-corrected chi connectivity index (χ1v) is 9.56. The molecule has 148 valence electrons. The molecule has 0 saturated carbocycles. The molecule has 4 rings (SSSR count). The van der Waals surface area contributed by atoms with Gasteiger partial charge in [-0.15, -0.1) is 0 Å². The number of para-hydroxylation sites is 1. The summed E-state index contributed by atoms with van der Waals surface area (Å²) in [6.07, 6.45) is 4.44. The minimum absolute atomic E-state index is 0.124. The number of ether oxygens (including phenoxy) is 1. The Hall–Kier alpha value is -3.38. The van der Waals surface area contributed by atoms with E-state index in [0.717, 1.165) is 29.8 Å². The topological polar surface area (TPSA) is 67.6 Å². The van der Waals surface area contributed by atoms with Gasteiger partial charge in [-0.2, -0.15) is 0 Å². The van der Waals surface area contributed by atoms with Crippen LogP contribution in [0.5, 0.6) is 5.88 Å². The van der Waals surface area contributed by atoms with Gasteiger partial charge < -0.3 is 19.4 Å². The lowest BCUT2D eigenvalue weighted by atomic mass is 10.1. The Bertz CT molecular complexity index is 1040. The third kappa shape index (κ3) is 4.38. The van der Waals surface area contributed by atoms with Gasteiger partial charge in [-0.1, -0.05) is 18.2 Å². The highest BCUT2D eigenvalue weighted by atomic mass is 16.5. The van der Waals surface area contributed by atoms with E-state index in [2.05, 4.69) is 15.2 Å². The molecule has 0 spiro atoms. The van der Waals surface area contributed by atoms with Crippen molar-refractivity contribution in [3.8, 4) is 17.2 Å². The first-order chi connectivity index (χ1) is 14.1. The summed E-state index contributed by atoms with van der Waals surface area (Å²) in [5, 5.41) is 2.86. The first kappa shape index (κ1) is 19.0. The number of hydrogen-bond donors (Lipinski definition) is 1. The number of fused-ring (bicyclic) bond motifs is 1. The van der Waals surface area contributed by atoms with Crippen molar-refractivity contribution in [2.45, 2.75) is 6.42 Å². The van der Waals surface area contributed by atoms with Gasteiger partial charge in [0.1, 0.15) is 11.5 Å². The van der Waals surface area contributed by atoms with Gasteiger partial charge >= 0.3 is 0 Å². The normalized spacial score (nSPS) is 14.3. The molecule has 1 amide bonds. The standard InChI is InChI=1S/C23H23N3O3/c1-26(2)12-5-13-28-22-11-8-16(15-24-22)21-10-9-17(29-21)14-19-18-6-3-4-7-20(18)25-23(19)27/h3-4,6-11,14-15H,5,12-13H2,1-2H3,(H,25,27). The molecule has 1 aromatic carbocycles. The summed E-state index contributed by atoms with van der Waals surface area (Å²) in [4.78, 5) is 18.7. The molecule has 29 heavy (non-hydrogen) atoms. The summed E-state index contributed by atoms with van der Waals surface area (Å²) in [7, 11) is 4.08. The third-order valence-corrected chi connectivity index (χ3v) is 4.64. The van der Waals surface area contributed by atoms with Gasteiger partial charge in [-0.25, -0.2) is 4.98 Å². The Morgan fingerprint density at radius 1 is 1.14 bits per heavy atom. The van der Waals surface area contributed by atoms with Gasteiger partial charge in [-0.3, -0.25) is 4.79 Å². The summed E-state index contributed by atoms with van der Waals surface area (Å²) in [5.41, 5.74) is 3.15.